The van der Waals surface area contributed by atoms with Gasteiger partial charge in [0.05, 0.1) is 6.54 Å². The van der Waals surface area contributed by atoms with E-state index in [4.69, 9.17) is 5.11 Å². The van der Waals surface area contributed by atoms with Crippen LogP contribution < -0.4 is 10.6 Å². The topological polar surface area (TPSA) is 96.3 Å². The zero-order valence-corrected chi connectivity index (χ0v) is 12.0. The standard InChI is InChI=1S/C13H22N4O3/c1-4-9(2)11(12(18)19)16-13(20)15-10(3)8-17-7-5-6-14-17/h5-7,9-11H,4,8H2,1-3H3,(H,18,19)(H2,15,16,20)/t9-,10?,11-/m0/s1. The Balaban J connectivity index is 2.46. The van der Waals surface area contributed by atoms with Crippen molar-refractivity contribution in [3.8, 4) is 0 Å². The molecule has 1 aromatic rings. The lowest BCUT2D eigenvalue weighted by atomic mass is 9.99. The molecular weight excluding hydrogens is 260 g/mol. The highest BCUT2D eigenvalue weighted by Gasteiger charge is 2.25. The van der Waals surface area contributed by atoms with Gasteiger partial charge in [0.25, 0.3) is 0 Å². The highest BCUT2D eigenvalue weighted by molar-refractivity contribution is 5.82. The van der Waals surface area contributed by atoms with Crippen LogP contribution in [0.3, 0.4) is 0 Å². The lowest BCUT2D eigenvalue weighted by molar-refractivity contribution is -0.140. The van der Waals surface area contributed by atoms with Crippen molar-refractivity contribution in [3.63, 3.8) is 0 Å². The predicted octanol–water partition coefficient (Wildman–Crippen LogP) is 1.07. The maximum atomic E-state index is 11.8. The van der Waals surface area contributed by atoms with Crippen LogP contribution in [0, 0.1) is 5.92 Å². The van der Waals surface area contributed by atoms with Crippen LogP contribution in [0.15, 0.2) is 18.5 Å². The quantitative estimate of drug-likeness (QED) is 0.697. The molecule has 1 aromatic heterocycles. The minimum absolute atomic E-state index is 0.125. The second-order valence-corrected chi connectivity index (χ2v) is 4.95. The molecule has 0 spiro atoms. The lowest BCUT2D eigenvalue weighted by Crippen LogP contribution is -2.51. The third kappa shape index (κ3) is 4.91. The van der Waals surface area contributed by atoms with Gasteiger partial charge in [-0.05, 0) is 18.9 Å². The van der Waals surface area contributed by atoms with Crippen molar-refractivity contribution < 1.29 is 14.7 Å². The molecule has 0 aliphatic heterocycles. The summed E-state index contributed by atoms with van der Waals surface area (Å²) in [5.74, 6) is -1.14. The molecule has 1 heterocycles. The van der Waals surface area contributed by atoms with E-state index in [0.29, 0.717) is 13.0 Å². The molecule has 7 heteroatoms. The number of aliphatic carboxylic acids is 1. The Morgan fingerprint density at radius 1 is 1.35 bits per heavy atom. The number of urea groups is 1. The number of rotatable bonds is 7. The number of carboxylic acids is 1. The summed E-state index contributed by atoms with van der Waals surface area (Å²) in [5.41, 5.74) is 0. The monoisotopic (exact) mass is 282 g/mol. The first-order valence-corrected chi connectivity index (χ1v) is 6.71. The number of carbonyl (C=O) groups is 2. The molecule has 0 bridgehead atoms. The molecule has 1 unspecified atom stereocenters. The molecule has 0 aromatic carbocycles. The Labute approximate surface area is 118 Å². The number of hydrogen-bond donors (Lipinski definition) is 3. The van der Waals surface area contributed by atoms with Crippen molar-refractivity contribution in [2.75, 3.05) is 0 Å². The Bertz CT molecular complexity index is 433. The average Bonchev–Trinajstić information content (AvgIpc) is 2.87. The number of aromatic nitrogens is 2. The van der Waals surface area contributed by atoms with Gasteiger partial charge in [0.15, 0.2) is 0 Å². The molecular formula is C13H22N4O3. The summed E-state index contributed by atoms with van der Waals surface area (Å²) in [6.45, 7) is 6.05. The van der Waals surface area contributed by atoms with Gasteiger partial charge in [0.2, 0.25) is 0 Å². The molecule has 3 atom stereocenters. The molecule has 3 N–H and O–H groups in total. The van der Waals surface area contributed by atoms with Gasteiger partial charge in [-0.15, -0.1) is 0 Å². The number of carboxylic acid groups (broad SMARTS) is 1. The molecule has 20 heavy (non-hydrogen) atoms. The fraction of sp³-hybridized carbons (Fsp3) is 0.615. The average molecular weight is 282 g/mol. The molecule has 112 valence electrons. The van der Waals surface area contributed by atoms with Gasteiger partial charge in [-0.2, -0.15) is 5.10 Å². The molecule has 0 saturated carbocycles. The van der Waals surface area contributed by atoms with E-state index in [1.165, 1.54) is 0 Å². The fourth-order valence-electron chi connectivity index (χ4n) is 1.82. The molecule has 0 aliphatic carbocycles. The zero-order valence-electron chi connectivity index (χ0n) is 12.0. The second kappa shape index (κ2) is 7.52. The first-order chi connectivity index (χ1) is 9.43. The third-order valence-corrected chi connectivity index (χ3v) is 3.16. The van der Waals surface area contributed by atoms with Crippen molar-refractivity contribution in [2.24, 2.45) is 5.92 Å². The van der Waals surface area contributed by atoms with Gasteiger partial charge in [-0.3, -0.25) is 4.68 Å². The van der Waals surface area contributed by atoms with Gasteiger partial charge in [0.1, 0.15) is 6.04 Å². The van der Waals surface area contributed by atoms with Crippen molar-refractivity contribution in [1.82, 2.24) is 20.4 Å². The molecule has 7 nitrogen and oxygen atoms in total. The summed E-state index contributed by atoms with van der Waals surface area (Å²) >= 11 is 0. The summed E-state index contributed by atoms with van der Waals surface area (Å²) in [6.07, 6.45) is 4.14. The minimum atomic E-state index is -1.02. The SMILES string of the molecule is CC[C@H](C)[C@H](NC(=O)NC(C)Cn1cccn1)C(=O)O. The predicted molar refractivity (Wildman–Crippen MR) is 74.2 cm³/mol. The summed E-state index contributed by atoms with van der Waals surface area (Å²) < 4.78 is 1.70. The van der Waals surface area contributed by atoms with E-state index in [9.17, 15) is 9.59 Å². The number of carbonyl (C=O) groups excluding carboxylic acids is 1. The summed E-state index contributed by atoms with van der Waals surface area (Å²) in [6, 6.07) is 0.298. The van der Waals surface area contributed by atoms with Crippen LogP contribution in [0.2, 0.25) is 0 Å². The number of nitrogens with zero attached hydrogens (tertiary/aromatic N) is 2. The molecule has 0 saturated heterocycles. The van der Waals surface area contributed by atoms with Gasteiger partial charge in [0, 0.05) is 18.4 Å². The van der Waals surface area contributed by atoms with Crippen molar-refractivity contribution in [1.29, 1.82) is 0 Å². The van der Waals surface area contributed by atoms with E-state index in [2.05, 4.69) is 15.7 Å². The summed E-state index contributed by atoms with van der Waals surface area (Å²) in [5, 5.41) is 18.4. The molecule has 0 fully saturated rings. The largest absolute Gasteiger partial charge is 0.480 e. The summed E-state index contributed by atoms with van der Waals surface area (Å²) in [4.78, 5) is 22.9. The zero-order chi connectivity index (χ0) is 15.1. The van der Waals surface area contributed by atoms with Gasteiger partial charge in [-0.1, -0.05) is 20.3 Å². The van der Waals surface area contributed by atoms with Crippen LogP contribution >= 0.6 is 0 Å². The molecule has 0 aliphatic rings. The Morgan fingerprint density at radius 2 is 2.05 bits per heavy atom. The minimum Gasteiger partial charge on any atom is -0.480 e. The molecule has 0 radical (unpaired) electrons. The Hall–Kier alpha value is -2.05. The van der Waals surface area contributed by atoms with Crippen LogP contribution in [0.4, 0.5) is 4.79 Å². The maximum Gasteiger partial charge on any atom is 0.326 e. The van der Waals surface area contributed by atoms with Crippen LogP contribution in [0.5, 0.6) is 0 Å². The highest BCUT2D eigenvalue weighted by atomic mass is 16.4. The number of nitrogens with one attached hydrogen (secondary N) is 2. The van der Waals surface area contributed by atoms with Gasteiger partial charge in [-0.25, -0.2) is 9.59 Å². The molecule has 2 amide bonds. The van der Waals surface area contributed by atoms with E-state index < -0.39 is 18.0 Å². The van der Waals surface area contributed by atoms with Crippen molar-refractivity contribution in [2.45, 2.75) is 45.8 Å². The van der Waals surface area contributed by atoms with Crippen LogP contribution in [-0.4, -0.2) is 39.0 Å². The van der Waals surface area contributed by atoms with E-state index in [1.807, 2.05) is 13.8 Å². The van der Waals surface area contributed by atoms with Crippen LogP contribution in [0.1, 0.15) is 27.2 Å². The second-order valence-electron chi connectivity index (χ2n) is 4.95. The maximum absolute atomic E-state index is 11.8. The summed E-state index contributed by atoms with van der Waals surface area (Å²) in [7, 11) is 0. The lowest BCUT2D eigenvalue weighted by Gasteiger charge is -2.22. The first kappa shape index (κ1) is 16.0. The Morgan fingerprint density at radius 3 is 2.55 bits per heavy atom. The van der Waals surface area contributed by atoms with E-state index in [1.54, 1.807) is 30.1 Å². The highest BCUT2D eigenvalue weighted by Crippen LogP contribution is 2.07. The smallest absolute Gasteiger partial charge is 0.326 e. The van der Waals surface area contributed by atoms with Crippen LogP contribution in [0.25, 0.3) is 0 Å². The first-order valence-electron chi connectivity index (χ1n) is 6.71. The molecule has 1 rings (SSSR count). The Kier molecular flexibility index (Phi) is 6.02. The van der Waals surface area contributed by atoms with Gasteiger partial charge < -0.3 is 15.7 Å². The number of hydrogen-bond acceptors (Lipinski definition) is 3. The van der Waals surface area contributed by atoms with Crippen molar-refractivity contribution in [3.05, 3.63) is 18.5 Å². The third-order valence-electron chi connectivity index (χ3n) is 3.16. The van der Waals surface area contributed by atoms with E-state index >= 15 is 0 Å². The van der Waals surface area contributed by atoms with E-state index in [0.717, 1.165) is 0 Å². The van der Waals surface area contributed by atoms with Gasteiger partial charge >= 0.3 is 12.0 Å². The fourth-order valence-corrected chi connectivity index (χ4v) is 1.82. The normalized spacial score (nSPS) is 15.2. The van der Waals surface area contributed by atoms with Crippen molar-refractivity contribution >= 4 is 12.0 Å². The van der Waals surface area contributed by atoms with E-state index in [-0.39, 0.29) is 12.0 Å². The number of amides is 2. The van der Waals surface area contributed by atoms with Crippen LogP contribution in [-0.2, 0) is 11.3 Å².